The van der Waals surface area contributed by atoms with Crippen LogP contribution in [0.5, 0.6) is 0 Å². The first-order valence-corrected chi connectivity index (χ1v) is 5.93. The molecule has 2 bridgehead atoms. The summed E-state index contributed by atoms with van der Waals surface area (Å²) >= 11 is 0. The summed E-state index contributed by atoms with van der Waals surface area (Å²) in [6, 6.07) is 0. The number of hydrogen-bond acceptors (Lipinski definition) is 3. The fourth-order valence-electron chi connectivity index (χ4n) is 2.94. The molecule has 0 aromatic heterocycles. The van der Waals surface area contributed by atoms with E-state index >= 15 is 0 Å². The Bertz CT molecular complexity index is 293. The quantitative estimate of drug-likeness (QED) is 0.695. The van der Waals surface area contributed by atoms with Crippen LogP contribution in [-0.4, -0.2) is 18.6 Å². The summed E-state index contributed by atoms with van der Waals surface area (Å²) in [6.45, 7) is 2.02. The summed E-state index contributed by atoms with van der Waals surface area (Å²) in [4.78, 5) is 22.7. The summed E-state index contributed by atoms with van der Waals surface area (Å²) in [5.74, 6) is 1.26. The summed E-state index contributed by atoms with van der Waals surface area (Å²) < 4.78 is 4.65. The molecule has 90 valence electrons. The fourth-order valence-corrected chi connectivity index (χ4v) is 2.94. The van der Waals surface area contributed by atoms with Gasteiger partial charge in [0.2, 0.25) is 5.91 Å². The van der Waals surface area contributed by atoms with Crippen LogP contribution in [-0.2, 0) is 9.53 Å². The second kappa shape index (κ2) is 4.72. The highest BCUT2D eigenvalue weighted by Gasteiger charge is 2.43. The van der Waals surface area contributed by atoms with Gasteiger partial charge >= 0.3 is 6.09 Å². The van der Waals surface area contributed by atoms with Crippen LogP contribution in [0.25, 0.3) is 0 Å². The van der Waals surface area contributed by atoms with Crippen molar-refractivity contribution in [3.63, 3.8) is 0 Å². The molecular formula is C11H18N2O3. The van der Waals surface area contributed by atoms with Gasteiger partial charge in [-0.3, -0.25) is 10.2 Å². The lowest BCUT2D eigenvalue weighted by atomic mass is 9.88. The number of hydrogen-bond donors (Lipinski definition) is 2. The molecule has 0 saturated heterocycles. The Morgan fingerprint density at radius 1 is 1.25 bits per heavy atom. The predicted octanol–water partition coefficient (Wildman–Crippen LogP) is 1.20. The van der Waals surface area contributed by atoms with Gasteiger partial charge in [-0.1, -0.05) is 6.42 Å². The zero-order valence-corrected chi connectivity index (χ0v) is 9.49. The molecule has 2 fully saturated rings. The van der Waals surface area contributed by atoms with Crippen molar-refractivity contribution >= 4 is 12.0 Å². The first-order chi connectivity index (χ1) is 7.70. The minimum Gasteiger partial charge on any atom is -0.449 e. The summed E-state index contributed by atoms with van der Waals surface area (Å²) in [5.41, 5.74) is 4.69. The van der Waals surface area contributed by atoms with Crippen LogP contribution >= 0.6 is 0 Å². The van der Waals surface area contributed by atoms with E-state index in [-0.39, 0.29) is 11.8 Å². The van der Waals surface area contributed by atoms with E-state index < -0.39 is 6.09 Å². The van der Waals surface area contributed by atoms with Crippen LogP contribution in [0.3, 0.4) is 0 Å². The highest BCUT2D eigenvalue weighted by atomic mass is 16.5. The van der Waals surface area contributed by atoms with Gasteiger partial charge in [0.1, 0.15) is 0 Å². The lowest BCUT2D eigenvalue weighted by Gasteiger charge is -2.20. The summed E-state index contributed by atoms with van der Waals surface area (Å²) in [6.07, 6.45) is 3.97. The molecule has 0 unspecified atom stereocenters. The van der Waals surface area contributed by atoms with Gasteiger partial charge in [0, 0.05) is 5.92 Å². The molecule has 0 aromatic carbocycles. The van der Waals surface area contributed by atoms with Crippen molar-refractivity contribution < 1.29 is 14.3 Å². The smallest absolute Gasteiger partial charge is 0.426 e. The number of carbonyl (C=O) groups excluding carboxylic acids is 2. The summed E-state index contributed by atoms with van der Waals surface area (Å²) in [5, 5.41) is 0. The third-order valence-corrected chi connectivity index (χ3v) is 3.64. The van der Waals surface area contributed by atoms with E-state index in [2.05, 4.69) is 15.6 Å². The average molecular weight is 226 g/mol. The molecule has 16 heavy (non-hydrogen) atoms. The minimum absolute atomic E-state index is 0.0692. The number of nitrogens with one attached hydrogen (secondary N) is 2. The van der Waals surface area contributed by atoms with Gasteiger partial charge in [-0.25, -0.2) is 10.2 Å². The van der Waals surface area contributed by atoms with Crippen LogP contribution in [0.1, 0.15) is 32.6 Å². The Labute approximate surface area is 94.9 Å². The van der Waals surface area contributed by atoms with E-state index in [1.165, 1.54) is 12.8 Å². The zero-order valence-electron chi connectivity index (χ0n) is 9.49. The number of hydrazine groups is 1. The number of rotatable bonds is 2. The largest absolute Gasteiger partial charge is 0.449 e. The van der Waals surface area contributed by atoms with Crippen LogP contribution < -0.4 is 10.9 Å². The Balaban J connectivity index is 1.74. The molecule has 2 aliphatic rings. The minimum atomic E-state index is -0.598. The molecule has 0 spiro atoms. The normalized spacial score (nSPS) is 31.2. The van der Waals surface area contributed by atoms with Gasteiger partial charge in [0.25, 0.3) is 0 Å². The van der Waals surface area contributed by atoms with Gasteiger partial charge < -0.3 is 4.74 Å². The molecule has 2 aliphatic carbocycles. The molecule has 0 aliphatic heterocycles. The van der Waals surface area contributed by atoms with Gasteiger partial charge in [-0.15, -0.1) is 0 Å². The Hall–Kier alpha value is -1.26. The third-order valence-electron chi connectivity index (χ3n) is 3.64. The van der Waals surface area contributed by atoms with Gasteiger partial charge in [-0.05, 0) is 38.0 Å². The van der Waals surface area contributed by atoms with E-state index in [1.807, 2.05) is 0 Å². The van der Waals surface area contributed by atoms with Crippen molar-refractivity contribution in [2.45, 2.75) is 32.6 Å². The van der Waals surface area contributed by atoms with E-state index in [1.54, 1.807) is 6.92 Å². The SMILES string of the molecule is CCOC(=O)NNC(=O)[C@@H]1C[C@H]2CC[C@H]1C2. The lowest BCUT2D eigenvalue weighted by molar-refractivity contribution is -0.127. The molecule has 5 nitrogen and oxygen atoms in total. The number of carbonyl (C=O) groups is 2. The lowest BCUT2D eigenvalue weighted by Crippen LogP contribution is -2.45. The van der Waals surface area contributed by atoms with E-state index in [4.69, 9.17) is 0 Å². The maximum atomic E-state index is 11.8. The van der Waals surface area contributed by atoms with Crippen LogP contribution in [0.4, 0.5) is 4.79 Å². The average Bonchev–Trinajstić information content (AvgIpc) is 2.88. The van der Waals surface area contributed by atoms with Crippen molar-refractivity contribution in [3.05, 3.63) is 0 Å². The molecule has 0 radical (unpaired) electrons. The first-order valence-electron chi connectivity index (χ1n) is 5.93. The molecule has 2 rings (SSSR count). The molecule has 3 atom stereocenters. The van der Waals surface area contributed by atoms with Crippen molar-refractivity contribution in [2.75, 3.05) is 6.61 Å². The van der Waals surface area contributed by atoms with E-state index in [0.29, 0.717) is 12.5 Å². The zero-order chi connectivity index (χ0) is 11.5. The Morgan fingerprint density at radius 3 is 2.62 bits per heavy atom. The fraction of sp³-hybridized carbons (Fsp3) is 0.818. The van der Waals surface area contributed by atoms with E-state index in [0.717, 1.165) is 18.8 Å². The van der Waals surface area contributed by atoms with Gasteiger partial charge in [-0.2, -0.15) is 0 Å². The maximum absolute atomic E-state index is 11.8. The van der Waals surface area contributed by atoms with Crippen LogP contribution in [0, 0.1) is 17.8 Å². The van der Waals surface area contributed by atoms with Crippen molar-refractivity contribution in [1.82, 2.24) is 10.9 Å². The van der Waals surface area contributed by atoms with Crippen molar-refractivity contribution in [2.24, 2.45) is 17.8 Å². The molecule has 2 amide bonds. The Kier molecular flexibility index (Phi) is 3.31. The molecule has 2 N–H and O–H groups in total. The maximum Gasteiger partial charge on any atom is 0.426 e. The van der Waals surface area contributed by atoms with Crippen LogP contribution in [0.2, 0.25) is 0 Å². The number of fused-ring (bicyclic) bond motifs is 2. The second-order valence-electron chi connectivity index (χ2n) is 4.62. The third kappa shape index (κ3) is 2.28. The molecule has 0 heterocycles. The van der Waals surface area contributed by atoms with Crippen molar-refractivity contribution in [3.8, 4) is 0 Å². The standard InChI is InChI=1S/C11H18N2O3/c1-2-16-11(15)13-12-10(14)9-6-7-3-4-8(9)5-7/h7-9H,2-6H2,1H3,(H,12,14)(H,13,15)/t7-,8-,9+/m0/s1. The predicted molar refractivity (Wildman–Crippen MR) is 57.2 cm³/mol. The molecule has 0 aromatic rings. The van der Waals surface area contributed by atoms with Crippen molar-refractivity contribution in [1.29, 1.82) is 0 Å². The Morgan fingerprint density at radius 2 is 2.06 bits per heavy atom. The number of amides is 2. The molecule has 5 heteroatoms. The topological polar surface area (TPSA) is 67.4 Å². The first kappa shape index (κ1) is 11.2. The second-order valence-corrected chi connectivity index (χ2v) is 4.62. The number of ether oxygens (including phenoxy) is 1. The van der Waals surface area contributed by atoms with Crippen LogP contribution in [0.15, 0.2) is 0 Å². The van der Waals surface area contributed by atoms with Gasteiger partial charge in [0.05, 0.1) is 6.61 Å². The monoisotopic (exact) mass is 226 g/mol. The highest BCUT2D eigenvalue weighted by molar-refractivity contribution is 5.81. The van der Waals surface area contributed by atoms with Gasteiger partial charge in [0.15, 0.2) is 0 Å². The molecular weight excluding hydrogens is 208 g/mol. The summed E-state index contributed by atoms with van der Waals surface area (Å²) in [7, 11) is 0. The molecule has 2 saturated carbocycles. The van der Waals surface area contributed by atoms with E-state index in [9.17, 15) is 9.59 Å². The highest BCUT2D eigenvalue weighted by Crippen LogP contribution is 2.48.